The molecule has 98 valence electrons. The number of hydrogen-bond acceptors (Lipinski definition) is 1. The third-order valence-corrected chi connectivity index (χ3v) is 3.02. The maximum atomic E-state index is 13.7. The summed E-state index contributed by atoms with van der Waals surface area (Å²) in [5.74, 6) is -0.627. The summed E-state index contributed by atoms with van der Waals surface area (Å²) in [4.78, 5) is 12.0. The number of anilines is 1. The summed E-state index contributed by atoms with van der Waals surface area (Å²) in [5, 5.41) is 2.66. The van der Waals surface area contributed by atoms with Crippen LogP contribution in [0.25, 0.3) is 0 Å². The highest BCUT2D eigenvalue weighted by Gasteiger charge is 2.11. The van der Waals surface area contributed by atoms with Crippen LogP contribution in [0.1, 0.15) is 21.5 Å². The molecule has 0 bridgehead atoms. The van der Waals surface area contributed by atoms with Crippen LogP contribution in [0.5, 0.6) is 0 Å². The number of carbonyl (C=O) groups excluding carboxylic acids is 1. The molecule has 0 aliphatic carbocycles. The second-order valence-corrected chi connectivity index (χ2v) is 4.54. The standard InChI is InChI=1S/C15H13ClFNO/c1-10-5-6-13(14(17)7-10)15(19)18-12-4-2-3-11(8-12)9-16/h2-8H,9H2,1H3,(H,18,19). The molecule has 2 aromatic rings. The van der Waals surface area contributed by atoms with Crippen LogP contribution in [0.3, 0.4) is 0 Å². The normalized spacial score (nSPS) is 10.3. The molecule has 2 nitrogen and oxygen atoms in total. The maximum absolute atomic E-state index is 13.7. The van der Waals surface area contributed by atoms with Gasteiger partial charge in [0, 0.05) is 11.6 Å². The number of amides is 1. The van der Waals surface area contributed by atoms with Crippen molar-refractivity contribution in [2.24, 2.45) is 0 Å². The van der Waals surface area contributed by atoms with E-state index >= 15 is 0 Å². The summed E-state index contributed by atoms with van der Waals surface area (Å²) >= 11 is 5.72. The van der Waals surface area contributed by atoms with Crippen molar-refractivity contribution in [3.05, 3.63) is 65.0 Å². The first-order valence-electron chi connectivity index (χ1n) is 5.82. The number of hydrogen-bond donors (Lipinski definition) is 1. The fourth-order valence-corrected chi connectivity index (χ4v) is 1.90. The van der Waals surface area contributed by atoms with Gasteiger partial charge in [-0.05, 0) is 42.3 Å². The summed E-state index contributed by atoms with van der Waals surface area (Å²) in [7, 11) is 0. The number of carbonyl (C=O) groups is 1. The summed E-state index contributed by atoms with van der Waals surface area (Å²) in [6.07, 6.45) is 0. The van der Waals surface area contributed by atoms with Crippen LogP contribution in [-0.4, -0.2) is 5.91 Å². The van der Waals surface area contributed by atoms with Crippen LogP contribution >= 0.6 is 11.6 Å². The van der Waals surface area contributed by atoms with Gasteiger partial charge in [0.1, 0.15) is 5.82 Å². The molecule has 0 heterocycles. The van der Waals surface area contributed by atoms with Gasteiger partial charge in [0.25, 0.3) is 5.91 Å². The summed E-state index contributed by atoms with van der Waals surface area (Å²) in [6, 6.07) is 11.7. The first-order valence-corrected chi connectivity index (χ1v) is 6.36. The molecule has 0 fully saturated rings. The van der Waals surface area contributed by atoms with E-state index in [2.05, 4.69) is 5.32 Å². The van der Waals surface area contributed by atoms with Crippen molar-refractivity contribution in [1.82, 2.24) is 0 Å². The van der Waals surface area contributed by atoms with E-state index in [0.717, 1.165) is 11.1 Å². The highest BCUT2D eigenvalue weighted by atomic mass is 35.5. The number of alkyl halides is 1. The maximum Gasteiger partial charge on any atom is 0.258 e. The topological polar surface area (TPSA) is 29.1 Å². The van der Waals surface area contributed by atoms with Gasteiger partial charge in [-0.2, -0.15) is 0 Å². The minimum absolute atomic E-state index is 0.0295. The third kappa shape index (κ3) is 3.32. The highest BCUT2D eigenvalue weighted by Crippen LogP contribution is 2.15. The second kappa shape index (κ2) is 5.85. The molecule has 0 aliphatic rings. The van der Waals surface area contributed by atoms with Crippen LogP contribution in [0.15, 0.2) is 42.5 Å². The summed E-state index contributed by atoms with van der Waals surface area (Å²) in [5.41, 5.74) is 2.30. The lowest BCUT2D eigenvalue weighted by Gasteiger charge is -2.07. The van der Waals surface area contributed by atoms with Crippen LogP contribution in [0, 0.1) is 12.7 Å². The molecule has 0 radical (unpaired) electrons. The zero-order valence-corrected chi connectivity index (χ0v) is 11.2. The lowest BCUT2D eigenvalue weighted by molar-refractivity contribution is 0.102. The molecular formula is C15H13ClFNO. The van der Waals surface area contributed by atoms with Gasteiger partial charge in [-0.1, -0.05) is 18.2 Å². The summed E-state index contributed by atoms with van der Waals surface area (Å²) in [6.45, 7) is 1.77. The lowest BCUT2D eigenvalue weighted by Crippen LogP contribution is -2.13. The van der Waals surface area contributed by atoms with E-state index in [9.17, 15) is 9.18 Å². The molecule has 0 saturated carbocycles. The van der Waals surface area contributed by atoms with E-state index < -0.39 is 11.7 Å². The molecule has 0 aromatic heterocycles. The molecule has 0 unspecified atom stereocenters. The number of rotatable bonds is 3. The van der Waals surface area contributed by atoms with Crippen molar-refractivity contribution in [2.45, 2.75) is 12.8 Å². The molecule has 19 heavy (non-hydrogen) atoms. The van der Waals surface area contributed by atoms with E-state index in [1.54, 1.807) is 31.2 Å². The minimum atomic E-state index is -0.522. The average Bonchev–Trinajstić information content (AvgIpc) is 2.38. The van der Waals surface area contributed by atoms with Gasteiger partial charge in [0.15, 0.2) is 0 Å². The quantitative estimate of drug-likeness (QED) is 0.840. The Balaban J connectivity index is 2.20. The Morgan fingerprint density at radius 2 is 2.05 bits per heavy atom. The Morgan fingerprint density at radius 3 is 2.74 bits per heavy atom. The minimum Gasteiger partial charge on any atom is -0.322 e. The van der Waals surface area contributed by atoms with E-state index in [1.165, 1.54) is 12.1 Å². The number of aryl methyl sites for hydroxylation is 1. The average molecular weight is 278 g/mol. The Morgan fingerprint density at radius 1 is 1.26 bits per heavy atom. The van der Waals surface area contributed by atoms with E-state index in [-0.39, 0.29) is 5.56 Å². The first kappa shape index (κ1) is 13.6. The van der Waals surface area contributed by atoms with Crippen molar-refractivity contribution in [2.75, 3.05) is 5.32 Å². The smallest absolute Gasteiger partial charge is 0.258 e. The number of benzene rings is 2. The van der Waals surface area contributed by atoms with Gasteiger partial charge in [0.2, 0.25) is 0 Å². The van der Waals surface area contributed by atoms with Crippen molar-refractivity contribution < 1.29 is 9.18 Å². The predicted octanol–water partition coefficient (Wildman–Crippen LogP) is 4.13. The Labute approximate surface area is 116 Å². The van der Waals surface area contributed by atoms with Gasteiger partial charge in [-0.15, -0.1) is 11.6 Å². The summed E-state index contributed by atoms with van der Waals surface area (Å²) < 4.78 is 13.7. The molecule has 1 N–H and O–H groups in total. The molecule has 2 rings (SSSR count). The zero-order valence-electron chi connectivity index (χ0n) is 10.4. The Bertz CT molecular complexity index is 613. The third-order valence-electron chi connectivity index (χ3n) is 2.71. The van der Waals surface area contributed by atoms with Crippen molar-refractivity contribution in [3.8, 4) is 0 Å². The molecule has 1 amide bonds. The molecule has 0 saturated heterocycles. The fraction of sp³-hybridized carbons (Fsp3) is 0.133. The van der Waals surface area contributed by atoms with Crippen LogP contribution in [0.2, 0.25) is 0 Å². The lowest BCUT2D eigenvalue weighted by atomic mass is 10.1. The van der Waals surface area contributed by atoms with E-state index in [4.69, 9.17) is 11.6 Å². The monoisotopic (exact) mass is 277 g/mol. The second-order valence-electron chi connectivity index (χ2n) is 4.27. The highest BCUT2D eigenvalue weighted by molar-refractivity contribution is 6.17. The van der Waals surface area contributed by atoms with Crippen molar-refractivity contribution in [3.63, 3.8) is 0 Å². The molecule has 2 aromatic carbocycles. The SMILES string of the molecule is Cc1ccc(C(=O)Nc2cccc(CCl)c2)c(F)c1. The van der Waals surface area contributed by atoms with Gasteiger partial charge in [0.05, 0.1) is 5.56 Å². The number of nitrogens with one attached hydrogen (secondary N) is 1. The van der Waals surface area contributed by atoms with Gasteiger partial charge in [-0.25, -0.2) is 4.39 Å². The molecule has 0 atom stereocenters. The van der Waals surface area contributed by atoms with Gasteiger partial charge >= 0.3 is 0 Å². The van der Waals surface area contributed by atoms with Crippen molar-refractivity contribution in [1.29, 1.82) is 0 Å². The van der Waals surface area contributed by atoms with Crippen LogP contribution < -0.4 is 5.32 Å². The van der Waals surface area contributed by atoms with Gasteiger partial charge in [-0.3, -0.25) is 4.79 Å². The largest absolute Gasteiger partial charge is 0.322 e. The zero-order chi connectivity index (χ0) is 13.8. The predicted molar refractivity (Wildman–Crippen MR) is 75.1 cm³/mol. The first-order chi connectivity index (χ1) is 9.10. The van der Waals surface area contributed by atoms with Gasteiger partial charge < -0.3 is 5.32 Å². The van der Waals surface area contributed by atoms with Crippen LogP contribution in [-0.2, 0) is 5.88 Å². The Hall–Kier alpha value is -1.87. The molecule has 0 aliphatic heterocycles. The van der Waals surface area contributed by atoms with E-state index in [1.807, 2.05) is 6.07 Å². The number of halogens is 2. The molecule has 0 spiro atoms. The molecular weight excluding hydrogens is 265 g/mol. The Kier molecular flexibility index (Phi) is 4.17. The molecule has 4 heteroatoms. The van der Waals surface area contributed by atoms with Crippen molar-refractivity contribution >= 4 is 23.2 Å². The van der Waals surface area contributed by atoms with Crippen LogP contribution in [0.4, 0.5) is 10.1 Å². The fourth-order valence-electron chi connectivity index (χ4n) is 1.73. The van der Waals surface area contributed by atoms with E-state index in [0.29, 0.717) is 11.6 Å².